The number of anilines is 1. The molecule has 0 fully saturated rings. The van der Waals surface area contributed by atoms with Gasteiger partial charge in [-0.15, -0.1) is 11.3 Å². The van der Waals surface area contributed by atoms with Crippen LogP contribution in [0.3, 0.4) is 0 Å². The molecule has 4 rings (SSSR count). The first-order valence-electron chi connectivity index (χ1n) is 10.5. The van der Waals surface area contributed by atoms with Crippen LogP contribution in [0.5, 0.6) is 0 Å². The van der Waals surface area contributed by atoms with Crippen molar-refractivity contribution < 1.29 is 13.2 Å². The van der Waals surface area contributed by atoms with Gasteiger partial charge in [-0.2, -0.15) is 4.31 Å². The number of nitrogens with zero attached hydrogens (tertiary/aromatic N) is 2. The predicted molar refractivity (Wildman–Crippen MR) is 128 cm³/mol. The molecule has 168 valence electrons. The number of aryl methyl sites for hydroxylation is 3. The number of amides is 1. The lowest BCUT2D eigenvalue weighted by atomic mass is 9.95. The number of carbonyl (C=O) groups excluding carboxylic acids is 1. The van der Waals surface area contributed by atoms with Gasteiger partial charge < -0.3 is 5.32 Å². The summed E-state index contributed by atoms with van der Waals surface area (Å²) in [5, 5.41) is 5.16. The van der Waals surface area contributed by atoms with Gasteiger partial charge in [-0.3, -0.25) is 4.79 Å². The Labute approximate surface area is 193 Å². The SMILES string of the molecule is Cc1csc(NC(=O)[C@H]2Cc3ccccc3CN2S(=O)(=O)c2c(C)c(C)cc(C)c2C)n1. The molecular weight excluding hydrogens is 442 g/mol. The minimum Gasteiger partial charge on any atom is -0.301 e. The summed E-state index contributed by atoms with van der Waals surface area (Å²) in [6.07, 6.45) is 0.314. The van der Waals surface area contributed by atoms with Crippen LogP contribution in [0, 0.1) is 34.6 Å². The van der Waals surface area contributed by atoms with E-state index < -0.39 is 16.1 Å². The summed E-state index contributed by atoms with van der Waals surface area (Å²) >= 11 is 1.33. The maximum atomic E-state index is 14.0. The lowest BCUT2D eigenvalue weighted by molar-refractivity contribution is -0.120. The quantitative estimate of drug-likeness (QED) is 0.613. The van der Waals surface area contributed by atoms with E-state index in [0.29, 0.717) is 16.4 Å². The van der Waals surface area contributed by atoms with E-state index in [1.165, 1.54) is 15.6 Å². The molecule has 1 aromatic heterocycles. The van der Waals surface area contributed by atoms with E-state index in [2.05, 4.69) is 10.3 Å². The van der Waals surface area contributed by atoms with E-state index >= 15 is 0 Å². The number of nitrogens with one attached hydrogen (secondary N) is 1. The number of benzene rings is 2. The molecule has 1 amide bonds. The standard InChI is InChI=1S/C24H27N3O3S2/c1-14-10-15(2)18(5)22(17(14)4)32(29,30)27-12-20-9-7-6-8-19(20)11-21(27)23(28)26-24-25-16(3)13-31-24/h6-10,13,21H,11-12H2,1-5H3,(H,25,26,28)/t21-/m1/s1. The van der Waals surface area contributed by atoms with Crippen LogP contribution >= 0.6 is 11.3 Å². The summed E-state index contributed by atoms with van der Waals surface area (Å²) in [4.78, 5) is 17.9. The highest BCUT2D eigenvalue weighted by molar-refractivity contribution is 7.89. The zero-order valence-corrected chi connectivity index (χ0v) is 20.5. The van der Waals surface area contributed by atoms with E-state index in [-0.39, 0.29) is 12.5 Å². The summed E-state index contributed by atoms with van der Waals surface area (Å²) < 4.78 is 29.5. The van der Waals surface area contributed by atoms with E-state index in [1.807, 2.05) is 70.3 Å². The molecule has 0 bridgehead atoms. The average molecular weight is 470 g/mol. The second-order valence-corrected chi connectivity index (χ2v) is 11.1. The van der Waals surface area contributed by atoms with Gasteiger partial charge in [-0.25, -0.2) is 13.4 Å². The van der Waals surface area contributed by atoms with Gasteiger partial charge in [0.1, 0.15) is 6.04 Å². The lowest BCUT2D eigenvalue weighted by Crippen LogP contribution is -2.50. The zero-order chi connectivity index (χ0) is 23.2. The Balaban J connectivity index is 1.81. The molecule has 1 atom stereocenters. The second-order valence-electron chi connectivity index (χ2n) is 8.41. The summed E-state index contributed by atoms with van der Waals surface area (Å²) in [6, 6.07) is 8.84. The molecule has 0 saturated carbocycles. The first kappa shape index (κ1) is 22.6. The van der Waals surface area contributed by atoms with E-state index in [1.54, 1.807) is 0 Å². The van der Waals surface area contributed by atoms with E-state index in [9.17, 15) is 13.2 Å². The van der Waals surface area contributed by atoms with Crippen molar-refractivity contribution in [3.8, 4) is 0 Å². The van der Waals surface area contributed by atoms with Crippen LogP contribution in [0.25, 0.3) is 0 Å². The Hall–Kier alpha value is -2.55. The minimum atomic E-state index is -3.94. The fraction of sp³-hybridized carbons (Fsp3) is 0.333. The predicted octanol–water partition coefficient (Wildman–Crippen LogP) is 4.44. The third-order valence-electron chi connectivity index (χ3n) is 6.22. The largest absolute Gasteiger partial charge is 0.301 e. The number of hydrogen-bond donors (Lipinski definition) is 1. The monoisotopic (exact) mass is 469 g/mol. The van der Waals surface area contributed by atoms with Crippen molar-refractivity contribution in [3.63, 3.8) is 0 Å². The topological polar surface area (TPSA) is 79.4 Å². The van der Waals surface area contributed by atoms with Gasteiger partial charge in [0.05, 0.1) is 10.6 Å². The molecular formula is C24H27N3O3S2. The highest BCUT2D eigenvalue weighted by Gasteiger charge is 2.41. The zero-order valence-electron chi connectivity index (χ0n) is 18.9. The summed E-state index contributed by atoms with van der Waals surface area (Å²) in [5.74, 6) is -0.364. The molecule has 1 aliphatic rings. The molecule has 0 saturated heterocycles. The van der Waals surface area contributed by atoms with Crippen LogP contribution in [0.15, 0.2) is 40.6 Å². The molecule has 2 aromatic carbocycles. The van der Waals surface area contributed by atoms with E-state index in [4.69, 9.17) is 0 Å². The first-order chi connectivity index (χ1) is 15.1. The molecule has 0 spiro atoms. The molecule has 0 unspecified atom stereocenters. The van der Waals surface area contributed by atoms with Gasteiger partial charge in [0, 0.05) is 11.9 Å². The minimum absolute atomic E-state index is 0.152. The number of aromatic nitrogens is 1. The van der Waals surface area contributed by atoms with Gasteiger partial charge >= 0.3 is 0 Å². The van der Waals surface area contributed by atoms with Crippen molar-refractivity contribution >= 4 is 32.4 Å². The number of hydrogen-bond acceptors (Lipinski definition) is 5. The molecule has 2 heterocycles. The number of fused-ring (bicyclic) bond motifs is 1. The highest BCUT2D eigenvalue weighted by atomic mass is 32.2. The number of thiazole rings is 1. The Morgan fingerprint density at radius 3 is 2.28 bits per heavy atom. The fourth-order valence-electron chi connectivity index (χ4n) is 4.26. The summed E-state index contributed by atoms with van der Waals surface area (Å²) in [5.41, 5.74) is 6.01. The highest BCUT2D eigenvalue weighted by Crippen LogP contribution is 2.34. The molecule has 32 heavy (non-hydrogen) atoms. The van der Waals surface area contributed by atoms with Crippen LogP contribution < -0.4 is 5.32 Å². The van der Waals surface area contributed by atoms with Crippen molar-refractivity contribution in [1.29, 1.82) is 0 Å². The molecule has 0 radical (unpaired) electrons. The van der Waals surface area contributed by atoms with Crippen LogP contribution in [-0.2, 0) is 27.8 Å². The van der Waals surface area contributed by atoms with Gasteiger partial charge in [0.15, 0.2) is 5.13 Å². The van der Waals surface area contributed by atoms with Crippen LogP contribution in [0.2, 0.25) is 0 Å². The number of rotatable bonds is 4. The van der Waals surface area contributed by atoms with Crippen LogP contribution in [0.1, 0.15) is 39.1 Å². The lowest BCUT2D eigenvalue weighted by Gasteiger charge is -2.35. The smallest absolute Gasteiger partial charge is 0.244 e. The molecule has 0 aliphatic carbocycles. The third kappa shape index (κ3) is 3.98. The van der Waals surface area contributed by atoms with Gasteiger partial charge in [-0.05, 0) is 74.4 Å². The number of sulfonamides is 1. The third-order valence-corrected chi connectivity index (χ3v) is 9.23. The Morgan fingerprint density at radius 1 is 1.06 bits per heavy atom. The van der Waals surface area contributed by atoms with Crippen molar-refractivity contribution in [3.05, 3.63) is 74.8 Å². The average Bonchev–Trinajstić information content (AvgIpc) is 3.15. The van der Waals surface area contributed by atoms with Crippen molar-refractivity contribution in [2.24, 2.45) is 0 Å². The van der Waals surface area contributed by atoms with Crippen molar-refractivity contribution in [2.45, 2.75) is 58.5 Å². The van der Waals surface area contributed by atoms with Gasteiger partial charge in [0.2, 0.25) is 15.9 Å². The van der Waals surface area contributed by atoms with Crippen molar-refractivity contribution in [2.75, 3.05) is 5.32 Å². The number of carbonyl (C=O) groups is 1. The summed E-state index contributed by atoms with van der Waals surface area (Å²) in [7, 11) is -3.94. The van der Waals surface area contributed by atoms with E-state index in [0.717, 1.165) is 39.1 Å². The maximum Gasteiger partial charge on any atom is 0.244 e. The normalized spacial score (nSPS) is 16.6. The van der Waals surface area contributed by atoms with Gasteiger partial charge in [0.25, 0.3) is 0 Å². The Kier molecular flexibility index (Phi) is 5.96. The van der Waals surface area contributed by atoms with Crippen molar-refractivity contribution in [1.82, 2.24) is 9.29 Å². The molecule has 8 heteroatoms. The fourth-order valence-corrected chi connectivity index (χ4v) is 7.10. The van der Waals surface area contributed by atoms with Crippen LogP contribution in [-0.4, -0.2) is 29.7 Å². The first-order valence-corrected chi connectivity index (χ1v) is 12.8. The Bertz CT molecular complexity index is 1290. The van der Waals surface area contributed by atoms with Crippen LogP contribution in [0.4, 0.5) is 5.13 Å². The van der Waals surface area contributed by atoms with Gasteiger partial charge in [-0.1, -0.05) is 30.3 Å². The second kappa shape index (κ2) is 8.42. The molecule has 1 aliphatic heterocycles. The molecule has 3 aromatic rings. The maximum absolute atomic E-state index is 14.0. The molecule has 6 nitrogen and oxygen atoms in total. The molecule has 1 N–H and O–H groups in total. The summed E-state index contributed by atoms with van der Waals surface area (Å²) in [6.45, 7) is 9.51. The Morgan fingerprint density at radius 2 is 1.69 bits per heavy atom.